The molecule has 4 aromatic rings. The summed E-state index contributed by atoms with van der Waals surface area (Å²) in [4.78, 5) is 20.7. The van der Waals surface area contributed by atoms with Gasteiger partial charge in [0.1, 0.15) is 11.4 Å². The van der Waals surface area contributed by atoms with Crippen molar-refractivity contribution in [1.29, 1.82) is 0 Å². The Morgan fingerprint density at radius 2 is 2.04 bits per heavy atom. The fraction of sp³-hybridized carbons (Fsp3) is 0.200. The molecule has 0 saturated heterocycles. The van der Waals surface area contributed by atoms with Crippen LogP contribution >= 0.6 is 11.3 Å². The minimum atomic E-state index is -0.0443. The van der Waals surface area contributed by atoms with Crippen LogP contribution < -0.4 is 5.56 Å². The Hall–Kier alpha value is -2.70. The number of furan rings is 1. The van der Waals surface area contributed by atoms with Gasteiger partial charge in [-0.3, -0.25) is 14.1 Å². The number of pyridine rings is 1. The number of hydrogen-bond donors (Lipinski definition) is 0. The van der Waals surface area contributed by atoms with Crippen molar-refractivity contribution in [2.45, 2.75) is 26.6 Å². The van der Waals surface area contributed by atoms with Crippen molar-refractivity contribution >= 4 is 17.0 Å². The zero-order valence-electron chi connectivity index (χ0n) is 14.5. The molecule has 0 aliphatic heterocycles. The van der Waals surface area contributed by atoms with Crippen LogP contribution in [-0.2, 0) is 19.6 Å². The molecule has 0 aliphatic rings. The Labute approximate surface area is 155 Å². The average molecular weight is 365 g/mol. The van der Waals surface area contributed by atoms with Gasteiger partial charge >= 0.3 is 0 Å². The third-order valence-corrected chi connectivity index (χ3v) is 5.10. The molecule has 0 amide bonds. The summed E-state index contributed by atoms with van der Waals surface area (Å²) in [7, 11) is 0. The largest absolute Gasteiger partial charge is 0.468 e. The summed E-state index contributed by atoms with van der Waals surface area (Å²) < 4.78 is 7.14. The summed E-state index contributed by atoms with van der Waals surface area (Å²) in [6.45, 7) is 3.95. The monoisotopic (exact) mass is 365 g/mol. The summed E-state index contributed by atoms with van der Waals surface area (Å²) in [5.74, 6) is 0.898. The lowest BCUT2D eigenvalue weighted by Crippen LogP contribution is -2.25. The van der Waals surface area contributed by atoms with Crippen LogP contribution in [0.5, 0.6) is 0 Å². The SMILES string of the molecule is Cc1cccc2nc(CN(Cc3ccco3)Cc3cccs3)cc(=O)n12. The lowest BCUT2D eigenvalue weighted by Gasteiger charge is -2.20. The molecule has 0 aliphatic carbocycles. The van der Waals surface area contributed by atoms with Crippen molar-refractivity contribution in [3.63, 3.8) is 0 Å². The Morgan fingerprint density at radius 1 is 1.12 bits per heavy atom. The molecule has 0 aromatic carbocycles. The van der Waals surface area contributed by atoms with E-state index in [1.807, 2.05) is 37.3 Å². The molecule has 4 heterocycles. The Bertz CT molecular complexity index is 1020. The molecule has 5 nitrogen and oxygen atoms in total. The molecule has 0 bridgehead atoms. The van der Waals surface area contributed by atoms with E-state index in [1.54, 1.807) is 28.1 Å². The summed E-state index contributed by atoms with van der Waals surface area (Å²) in [6.07, 6.45) is 1.68. The maximum absolute atomic E-state index is 12.5. The molecule has 0 spiro atoms. The van der Waals surface area contributed by atoms with Crippen LogP contribution in [0.2, 0.25) is 0 Å². The van der Waals surface area contributed by atoms with E-state index in [2.05, 4.69) is 27.4 Å². The number of aromatic nitrogens is 2. The molecule has 4 aromatic heterocycles. The van der Waals surface area contributed by atoms with E-state index in [9.17, 15) is 4.79 Å². The van der Waals surface area contributed by atoms with Gasteiger partial charge in [0.25, 0.3) is 5.56 Å². The van der Waals surface area contributed by atoms with Crippen molar-refractivity contribution in [2.75, 3.05) is 0 Å². The standard InChI is InChI=1S/C20H19N3O2S/c1-15-5-2-8-19-21-16(11-20(24)23(15)19)12-22(13-17-6-3-9-25-17)14-18-7-4-10-26-18/h2-11H,12-14H2,1H3. The first-order chi connectivity index (χ1) is 12.7. The van der Waals surface area contributed by atoms with Crippen molar-refractivity contribution in [3.8, 4) is 0 Å². The summed E-state index contributed by atoms with van der Waals surface area (Å²) in [5.41, 5.74) is 2.29. The Kier molecular flexibility index (Phi) is 4.69. The maximum Gasteiger partial charge on any atom is 0.258 e. The first-order valence-corrected chi connectivity index (χ1v) is 9.32. The zero-order chi connectivity index (χ0) is 17.9. The number of rotatable bonds is 6. The molecule has 0 unspecified atom stereocenters. The highest BCUT2D eigenvalue weighted by Crippen LogP contribution is 2.17. The minimum Gasteiger partial charge on any atom is -0.468 e. The average Bonchev–Trinajstić information content (AvgIpc) is 3.28. The molecule has 0 radical (unpaired) electrons. The summed E-state index contributed by atoms with van der Waals surface area (Å²) in [6, 6.07) is 15.4. The predicted octanol–water partition coefficient (Wildman–Crippen LogP) is 3.86. The van der Waals surface area contributed by atoms with Crippen LogP contribution in [0.4, 0.5) is 0 Å². The van der Waals surface area contributed by atoms with Gasteiger partial charge in [-0.1, -0.05) is 12.1 Å². The second-order valence-electron chi connectivity index (χ2n) is 6.25. The number of hydrogen-bond acceptors (Lipinski definition) is 5. The van der Waals surface area contributed by atoms with Gasteiger partial charge in [0.15, 0.2) is 0 Å². The predicted molar refractivity (Wildman–Crippen MR) is 102 cm³/mol. The lowest BCUT2D eigenvalue weighted by atomic mass is 10.3. The highest BCUT2D eigenvalue weighted by molar-refractivity contribution is 7.09. The minimum absolute atomic E-state index is 0.0443. The molecule has 0 atom stereocenters. The van der Waals surface area contributed by atoms with Crippen molar-refractivity contribution < 1.29 is 4.42 Å². The van der Waals surface area contributed by atoms with Crippen LogP contribution in [0, 0.1) is 6.92 Å². The fourth-order valence-corrected chi connectivity index (χ4v) is 3.83. The highest BCUT2D eigenvalue weighted by atomic mass is 32.1. The van der Waals surface area contributed by atoms with Crippen molar-refractivity contribution in [1.82, 2.24) is 14.3 Å². The second-order valence-corrected chi connectivity index (χ2v) is 7.28. The number of nitrogens with zero attached hydrogens (tertiary/aromatic N) is 3. The lowest BCUT2D eigenvalue weighted by molar-refractivity contribution is 0.226. The smallest absolute Gasteiger partial charge is 0.258 e. The molecule has 0 fully saturated rings. The van der Waals surface area contributed by atoms with E-state index in [4.69, 9.17) is 4.42 Å². The molecular weight excluding hydrogens is 346 g/mol. The van der Waals surface area contributed by atoms with E-state index >= 15 is 0 Å². The van der Waals surface area contributed by atoms with E-state index in [-0.39, 0.29) is 5.56 Å². The van der Waals surface area contributed by atoms with E-state index in [1.165, 1.54) is 4.88 Å². The maximum atomic E-state index is 12.5. The van der Waals surface area contributed by atoms with Crippen LogP contribution in [0.3, 0.4) is 0 Å². The molecule has 4 rings (SSSR count). The van der Waals surface area contributed by atoms with Crippen LogP contribution in [0.25, 0.3) is 5.65 Å². The van der Waals surface area contributed by atoms with Gasteiger partial charge in [-0.25, -0.2) is 4.98 Å². The molecule has 132 valence electrons. The van der Waals surface area contributed by atoms with Crippen LogP contribution in [0.1, 0.15) is 22.0 Å². The normalized spacial score (nSPS) is 11.5. The second kappa shape index (κ2) is 7.27. The number of thiophene rings is 1. The van der Waals surface area contributed by atoms with E-state index in [0.717, 1.165) is 23.7 Å². The first kappa shape index (κ1) is 16.8. The van der Waals surface area contributed by atoms with Gasteiger partial charge in [-0.05, 0) is 42.6 Å². The Morgan fingerprint density at radius 3 is 2.81 bits per heavy atom. The quantitative estimate of drug-likeness (QED) is 0.521. The zero-order valence-corrected chi connectivity index (χ0v) is 15.3. The van der Waals surface area contributed by atoms with Crippen LogP contribution in [0.15, 0.2) is 69.4 Å². The molecular formula is C20H19N3O2S. The molecule has 6 heteroatoms. The third kappa shape index (κ3) is 3.61. The molecule has 0 N–H and O–H groups in total. The first-order valence-electron chi connectivity index (χ1n) is 8.44. The third-order valence-electron chi connectivity index (χ3n) is 4.24. The fourth-order valence-electron chi connectivity index (χ4n) is 3.09. The molecule has 0 saturated carbocycles. The highest BCUT2D eigenvalue weighted by Gasteiger charge is 2.13. The van der Waals surface area contributed by atoms with Crippen molar-refractivity contribution in [3.05, 3.63) is 92.6 Å². The summed E-state index contributed by atoms with van der Waals surface area (Å²) in [5, 5.41) is 2.07. The van der Waals surface area contributed by atoms with E-state index in [0.29, 0.717) is 18.7 Å². The van der Waals surface area contributed by atoms with Gasteiger partial charge < -0.3 is 4.42 Å². The topological polar surface area (TPSA) is 50.8 Å². The molecule has 26 heavy (non-hydrogen) atoms. The van der Waals surface area contributed by atoms with Gasteiger partial charge in [0.05, 0.1) is 18.5 Å². The number of aryl methyl sites for hydroxylation is 1. The van der Waals surface area contributed by atoms with Gasteiger partial charge in [-0.15, -0.1) is 11.3 Å². The number of fused-ring (bicyclic) bond motifs is 1. The van der Waals surface area contributed by atoms with Gasteiger partial charge in [0, 0.05) is 29.7 Å². The Balaban J connectivity index is 1.64. The van der Waals surface area contributed by atoms with Crippen molar-refractivity contribution in [2.24, 2.45) is 0 Å². The van der Waals surface area contributed by atoms with Gasteiger partial charge in [0.2, 0.25) is 0 Å². The summed E-state index contributed by atoms with van der Waals surface area (Å²) >= 11 is 1.72. The van der Waals surface area contributed by atoms with Gasteiger partial charge in [-0.2, -0.15) is 0 Å². The van der Waals surface area contributed by atoms with E-state index < -0.39 is 0 Å². The van der Waals surface area contributed by atoms with Crippen LogP contribution in [-0.4, -0.2) is 14.3 Å².